The van der Waals surface area contributed by atoms with Crippen LogP contribution in [0.15, 0.2) is 71.5 Å². The normalized spacial score (nSPS) is 12.8. The first-order valence-electron chi connectivity index (χ1n) is 8.03. The summed E-state index contributed by atoms with van der Waals surface area (Å²) in [5, 5.41) is 2.83. The second kappa shape index (κ2) is 6.72. The van der Waals surface area contributed by atoms with Crippen LogP contribution in [0.3, 0.4) is 0 Å². The lowest BCUT2D eigenvalue weighted by molar-refractivity contribution is 0.0994. The average molecular weight is 408 g/mol. The number of nitrogens with one attached hydrogen (secondary N) is 1. The van der Waals surface area contributed by atoms with Crippen molar-refractivity contribution in [1.29, 1.82) is 0 Å². The number of pyridine rings is 1. The predicted octanol–water partition coefficient (Wildman–Crippen LogP) is 4.26. The summed E-state index contributed by atoms with van der Waals surface area (Å²) in [4.78, 5) is 30.5. The zero-order valence-corrected chi connectivity index (χ0v) is 15.2. The topological polar surface area (TPSA) is 62.3 Å². The number of aromatic nitrogens is 1. The number of hydrogen-bond acceptors (Lipinski definition) is 3. The molecule has 5 nitrogen and oxygen atoms in total. The van der Waals surface area contributed by atoms with Gasteiger partial charge < -0.3 is 10.2 Å². The average Bonchev–Trinajstić information content (AvgIpc) is 2.99. The van der Waals surface area contributed by atoms with Crippen LogP contribution < -0.4 is 10.2 Å². The van der Waals surface area contributed by atoms with Crippen molar-refractivity contribution in [3.8, 4) is 0 Å². The molecule has 6 heteroatoms. The van der Waals surface area contributed by atoms with Crippen LogP contribution in [0.25, 0.3) is 0 Å². The molecule has 0 unspecified atom stereocenters. The highest BCUT2D eigenvalue weighted by molar-refractivity contribution is 9.10. The molecule has 0 saturated carbocycles. The molecule has 2 aromatic carbocycles. The maximum absolute atomic E-state index is 12.5. The van der Waals surface area contributed by atoms with Crippen molar-refractivity contribution in [2.75, 3.05) is 10.2 Å². The Morgan fingerprint density at radius 2 is 1.85 bits per heavy atom. The molecule has 3 aromatic rings. The maximum atomic E-state index is 12.5. The van der Waals surface area contributed by atoms with E-state index in [4.69, 9.17) is 0 Å². The molecular weight excluding hydrogens is 394 g/mol. The van der Waals surface area contributed by atoms with Crippen molar-refractivity contribution in [2.45, 2.75) is 6.54 Å². The van der Waals surface area contributed by atoms with Crippen LogP contribution in [0.1, 0.15) is 26.3 Å². The Labute approximate surface area is 158 Å². The monoisotopic (exact) mass is 407 g/mol. The first-order valence-corrected chi connectivity index (χ1v) is 8.83. The summed E-state index contributed by atoms with van der Waals surface area (Å²) in [6, 6.07) is 16.6. The van der Waals surface area contributed by atoms with E-state index in [1.807, 2.05) is 36.4 Å². The van der Waals surface area contributed by atoms with E-state index in [0.29, 0.717) is 17.8 Å². The lowest BCUT2D eigenvalue weighted by Crippen LogP contribution is -2.22. The molecule has 0 saturated heterocycles. The lowest BCUT2D eigenvalue weighted by atomic mass is 10.1. The molecule has 1 aromatic heterocycles. The van der Waals surface area contributed by atoms with E-state index in [2.05, 4.69) is 26.2 Å². The Morgan fingerprint density at radius 3 is 2.58 bits per heavy atom. The van der Waals surface area contributed by atoms with Gasteiger partial charge in [0.2, 0.25) is 0 Å². The highest BCUT2D eigenvalue weighted by atomic mass is 79.9. The van der Waals surface area contributed by atoms with Gasteiger partial charge in [-0.25, -0.2) is 0 Å². The second-order valence-electron chi connectivity index (χ2n) is 5.94. The summed E-state index contributed by atoms with van der Waals surface area (Å²) in [6.07, 6.45) is 3.13. The van der Waals surface area contributed by atoms with Crippen LogP contribution in [0, 0.1) is 0 Å². The number of carbonyl (C=O) groups excluding carboxylic acids is 2. The molecule has 0 fully saturated rings. The highest BCUT2D eigenvalue weighted by Gasteiger charge is 2.27. The van der Waals surface area contributed by atoms with Gasteiger partial charge in [0.25, 0.3) is 11.8 Å². The third-order valence-electron chi connectivity index (χ3n) is 4.23. The van der Waals surface area contributed by atoms with Gasteiger partial charge in [-0.3, -0.25) is 14.6 Å². The van der Waals surface area contributed by atoms with E-state index in [0.717, 1.165) is 21.3 Å². The molecule has 1 aliphatic rings. The van der Waals surface area contributed by atoms with Gasteiger partial charge >= 0.3 is 0 Å². The van der Waals surface area contributed by atoms with Crippen molar-refractivity contribution in [3.63, 3.8) is 0 Å². The zero-order chi connectivity index (χ0) is 18.1. The van der Waals surface area contributed by atoms with Crippen LogP contribution in [-0.4, -0.2) is 16.8 Å². The van der Waals surface area contributed by atoms with E-state index in [-0.39, 0.29) is 11.8 Å². The van der Waals surface area contributed by atoms with Crippen molar-refractivity contribution in [2.24, 2.45) is 0 Å². The summed E-state index contributed by atoms with van der Waals surface area (Å²) >= 11 is 3.30. The number of hydrogen-bond donors (Lipinski definition) is 1. The van der Waals surface area contributed by atoms with Crippen LogP contribution in [-0.2, 0) is 6.54 Å². The summed E-state index contributed by atoms with van der Waals surface area (Å²) in [6.45, 7) is 0.560. The Morgan fingerprint density at radius 1 is 1.08 bits per heavy atom. The molecule has 128 valence electrons. The van der Waals surface area contributed by atoms with Crippen molar-refractivity contribution >= 4 is 39.1 Å². The van der Waals surface area contributed by atoms with Crippen molar-refractivity contribution in [1.82, 2.24) is 4.98 Å². The lowest BCUT2D eigenvalue weighted by Gasteiger charge is -2.16. The smallest absolute Gasteiger partial charge is 0.258 e. The Hall–Kier alpha value is -2.99. The molecule has 0 atom stereocenters. The fourth-order valence-corrected chi connectivity index (χ4v) is 3.29. The molecule has 2 amide bonds. The van der Waals surface area contributed by atoms with E-state index in [1.54, 1.807) is 29.3 Å². The standard InChI is InChI=1S/C20H14BrN3O2/c21-15-9-14(10-22-11-15)19(25)23-16-5-7-17(8-6-16)24-12-13-3-1-2-4-18(13)20(24)26/h1-11H,12H2,(H,23,25). The number of rotatable bonds is 3. The molecule has 2 heterocycles. The van der Waals surface area contributed by atoms with Gasteiger partial charge in [0, 0.05) is 33.8 Å². The van der Waals surface area contributed by atoms with Gasteiger partial charge in [0.1, 0.15) is 0 Å². The largest absolute Gasteiger partial charge is 0.322 e. The summed E-state index contributed by atoms with van der Waals surface area (Å²) in [5.41, 5.74) is 3.69. The Bertz CT molecular complexity index is 1000. The van der Waals surface area contributed by atoms with Gasteiger partial charge in [0.05, 0.1) is 12.1 Å². The Balaban J connectivity index is 1.49. The summed E-state index contributed by atoms with van der Waals surface area (Å²) < 4.78 is 0.743. The first kappa shape index (κ1) is 16.5. The van der Waals surface area contributed by atoms with Crippen molar-refractivity contribution < 1.29 is 9.59 Å². The molecule has 0 spiro atoms. The molecule has 0 bridgehead atoms. The minimum absolute atomic E-state index is 0.00223. The zero-order valence-electron chi connectivity index (χ0n) is 13.6. The quantitative estimate of drug-likeness (QED) is 0.705. The number of amides is 2. The molecule has 0 radical (unpaired) electrons. The van der Waals surface area contributed by atoms with Crippen LogP contribution in [0.2, 0.25) is 0 Å². The maximum Gasteiger partial charge on any atom is 0.258 e. The third-order valence-corrected chi connectivity index (χ3v) is 4.66. The van der Waals surface area contributed by atoms with Gasteiger partial charge in [0.15, 0.2) is 0 Å². The second-order valence-corrected chi connectivity index (χ2v) is 6.86. The fraction of sp³-hybridized carbons (Fsp3) is 0.0500. The highest BCUT2D eigenvalue weighted by Crippen LogP contribution is 2.29. The van der Waals surface area contributed by atoms with Gasteiger partial charge in [-0.2, -0.15) is 0 Å². The number of nitrogens with zero attached hydrogens (tertiary/aromatic N) is 2. The van der Waals surface area contributed by atoms with E-state index < -0.39 is 0 Å². The summed E-state index contributed by atoms with van der Waals surface area (Å²) in [5.74, 6) is -0.242. The molecule has 0 aliphatic carbocycles. The van der Waals surface area contributed by atoms with E-state index >= 15 is 0 Å². The number of carbonyl (C=O) groups is 2. The number of benzene rings is 2. The van der Waals surface area contributed by atoms with E-state index in [1.165, 1.54) is 6.20 Å². The minimum atomic E-state index is -0.240. The number of fused-ring (bicyclic) bond motifs is 1. The molecule has 26 heavy (non-hydrogen) atoms. The SMILES string of the molecule is O=C(Nc1ccc(N2Cc3ccccc3C2=O)cc1)c1cncc(Br)c1. The van der Waals surface area contributed by atoms with Crippen molar-refractivity contribution in [3.05, 3.63) is 88.2 Å². The van der Waals surface area contributed by atoms with Crippen LogP contribution >= 0.6 is 15.9 Å². The van der Waals surface area contributed by atoms with Crippen LogP contribution in [0.4, 0.5) is 11.4 Å². The third kappa shape index (κ3) is 3.11. The Kier molecular flexibility index (Phi) is 4.26. The number of anilines is 2. The van der Waals surface area contributed by atoms with Gasteiger partial charge in [-0.1, -0.05) is 18.2 Å². The fourth-order valence-electron chi connectivity index (χ4n) is 2.93. The molecule has 1 N–H and O–H groups in total. The first-order chi connectivity index (χ1) is 12.6. The minimum Gasteiger partial charge on any atom is -0.322 e. The van der Waals surface area contributed by atoms with E-state index in [9.17, 15) is 9.59 Å². The van der Waals surface area contributed by atoms with Crippen LogP contribution in [0.5, 0.6) is 0 Å². The predicted molar refractivity (Wildman–Crippen MR) is 103 cm³/mol. The molecule has 1 aliphatic heterocycles. The van der Waals surface area contributed by atoms with Gasteiger partial charge in [-0.15, -0.1) is 0 Å². The molecule has 4 rings (SSSR count). The van der Waals surface area contributed by atoms with Gasteiger partial charge in [-0.05, 0) is 57.9 Å². The number of halogens is 1. The molecular formula is C20H14BrN3O2. The summed E-state index contributed by atoms with van der Waals surface area (Å²) in [7, 11) is 0.